The number of hydrogen-bond acceptors (Lipinski definition) is 3. The average molecular weight is 248 g/mol. The van der Waals surface area contributed by atoms with Gasteiger partial charge in [0, 0.05) is 5.69 Å². The van der Waals surface area contributed by atoms with Crippen molar-refractivity contribution in [2.24, 2.45) is 0 Å². The van der Waals surface area contributed by atoms with Crippen molar-refractivity contribution in [1.29, 1.82) is 0 Å². The summed E-state index contributed by atoms with van der Waals surface area (Å²) in [6.45, 7) is 0. The van der Waals surface area contributed by atoms with E-state index in [1.54, 1.807) is 6.07 Å². The smallest absolute Gasteiger partial charge is 0.231 e. The molecular formula is C8H9FN2O2S2. The van der Waals surface area contributed by atoms with Crippen molar-refractivity contribution in [3.63, 3.8) is 0 Å². The Bertz CT molecular complexity index is 473. The van der Waals surface area contributed by atoms with E-state index in [2.05, 4.69) is 10.0 Å². The van der Waals surface area contributed by atoms with Gasteiger partial charge in [-0.3, -0.25) is 4.72 Å². The molecule has 0 aliphatic heterocycles. The van der Waals surface area contributed by atoms with Crippen molar-refractivity contribution in [3.05, 3.63) is 30.1 Å². The Kier molecular flexibility index (Phi) is 3.59. The first-order valence-corrected chi connectivity index (χ1v) is 6.21. The molecule has 15 heavy (non-hydrogen) atoms. The number of sulfonamides is 1. The fraction of sp³-hybridized carbons (Fsp3) is 0.125. The summed E-state index contributed by atoms with van der Waals surface area (Å²) in [6, 6.07) is 5.54. The van der Waals surface area contributed by atoms with Crippen molar-refractivity contribution in [2.75, 3.05) is 11.6 Å². The van der Waals surface area contributed by atoms with Gasteiger partial charge in [0.2, 0.25) is 10.0 Å². The molecule has 1 aromatic carbocycles. The molecule has 0 fully saturated rings. The van der Waals surface area contributed by atoms with Crippen LogP contribution in [0.1, 0.15) is 0 Å². The zero-order valence-electron chi connectivity index (χ0n) is 7.82. The van der Waals surface area contributed by atoms with Crippen LogP contribution in [0.2, 0.25) is 0 Å². The van der Waals surface area contributed by atoms with Crippen LogP contribution in [-0.4, -0.2) is 19.8 Å². The van der Waals surface area contributed by atoms with Gasteiger partial charge >= 0.3 is 0 Å². The number of nitrogens with one attached hydrogen (secondary N) is 2. The van der Waals surface area contributed by atoms with Crippen LogP contribution < -0.4 is 10.0 Å². The van der Waals surface area contributed by atoms with Crippen LogP contribution >= 0.6 is 12.2 Å². The maximum atomic E-state index is 12.7. The molecule has 0 bridgehead atoms. The van der Waals surface area contributed by atoms with Crippen LogP contribution in [0.3, 0.4) is 0 Å². The Balaban J connectivity index is 2.67. The molecule has 1 rings (SSSR count). The molecule has 2 N–H and O–H groups in total. The predicted octanol–water partition coefficient (Wildman–Crippen LogP) is 1.07. The molecule has 7 heteroatoms. The molecule has 0 aliphatic carbocycles. The summed E-state index contributed by atoms with van der Waals surface area (Å²) in [6.07, 6.45) is 0.979. The fourth-order valence-electron chi connectivity index (χ4n) is 0.891. The van der Waals surface area contributed by atoms with E-state index in [1.165, 1.54) is 18.2 Å². The van der Waals surface area contributed by atoms with Gasteiger partial charge in [-0.2, -0.15) is 0 Å². The topological polar surface area (TPSA) is 58.2 Å². The predicted molar refractivity (Wildman–Crippen MR) is 60.6 cm³/mol. The number of benzene rings is 1. The summed E-state index contributed by atoms with van der Waals surface area (Å²) in [5.74, 6) is -0.429. The van der Waals surface area contributed by atoms with Crippen molar-refractivity contribution < 1.29 is 12.8 Å². The molecule has 1 aromatic rings. The molecule has 82 valence electrons. The van der Waals surface area contributed by atoms with E-state index in [4.69, 9.17) is 12.2 Å². The van der Waals surface area contributed by atoms with E-state index in [9.17, 15) is 12.8 Å². The molecule has 0 aromatic heterocycles. The largest absolute Gasteiger partial charge is 0.332 e. The Hall–Kier alpha value is -1.21. The van der Waals surface area contributed by atoms with Gasteiger partial charge in [-0.1, -0.05) is 6.07 Å². The van der Waals surface area contributed by atoms with E-state index < -0.39 is 15.8 Å². The van der Waals surface area contributed by atoms with E-state index >= 15 is 0 Å². The zero-order chi connectivity index (χ0) is 11.5. The van der Waals surface area contributed by atoms with Crippen LogP contribution in [0, 0.1) is 5.82 Å². The molecule has 0 saturated heterocycles. The van der Waals surface area contributed by atoms with Gasteiger partial charge in [0.15, 0.2) is 5.11 Å². The minimum absolute atomic E-state index is 0.0944. The summed E-state index contributed by atoms with van der Waals surface area (Å²) in [4.78, 5) is 0. The molecule has 0 aliphatic rings. The molecule has 0 heterocycles. The highest BCUT2D eigenvalue weighted by atomic mass is 32.2. The van der Waals surface area contributed by atoms with E-state index in [0.29, 0.717) is 5.69 Å². The quantitative estimate of drug-likeness (QED) is 0.769. The Labute approximate surface area is 92.5 Å². The summed E-state index contributed by atoms with van der Waals surface area (Å²) >= 11 is 4.70. The number of hydrogen-bond donors (Lipinski definition) is 2. The molecule has 0 spiro atoms. The van der Waals surface area contributed by atoms with Crippen molar-refractivity contribution in [3.8, 4) is 0 Å². The van der Waals surface area contributed by atoms with Crippen LogP contribution in [0.4, 0.5) is 10.1 Å². The third-order valence-electron chi connectivity index (χ3n) is 1.36. The van der Waals surface area contributed by atoms with Crippen molar-refractivity contribution >= 4 is 33.0 Å². The van der Waals surface area contributed by atoms with Gasteiger partial charge in [0.25, 0.3) is 0 Å². The fourth-order valence-corrected chi connectivity index (χ4v) is 1.85. The van der Waals surface area contributed by atoms with Crippen LogP contribution in [0.25, 0.3) is 0 Å². The Morgan fingerprint density at radius 2 is 2.13 bits per heavy atom. The summed E-state index contributed by atoms with van der Waals surface area (Å²) in [5, 5.41) is 2.45. The second-order valence-electron chi connectivity index (χ2n) is 2.84. The lowest BCUT2D eigenvalue weighted by atomic mass is 10.3. The monoisotopic (exact) mass is 248 g/mol. The molecule has 0 radical (unpaired) electrons. The first-order valence-electron chi connectivity index (χ1n) is 3.91. The lowest BCUT2D eigenvalue weighted by Gasteiger charge is -2.08. The molecule has 0 unspecified atom stereocenters. The van der Waals surface area contributed by atoms with Crippen LogP contribution in [0.5, 0.6) is 0 Å². The highest BCUT2D eigenvalue weighted by molar-refractivity contribution is 7.91. The lowest BCUT2D eigenvalue weighted by molar-refractivity contribution is 0.599. The van der Waals surface area contributed by atoms with Gasteiger partial charge in [0.05, 0.1) is 6.26 Å². The summed E-state index contributed by atoms with van der Waals surface area (Å²) < 4.78 is 36.4. The first-order chi connectivity index (χ1) is 6.87. The minimum atomic E-state index is -3.40. The van der Waals surface area contributed by atoms with Gasteiger partial charge in [-0.25, -0.2) is 12.8 Å². The average Bonchev–Trinajstić information content (AvgIpc) is 1.99. The highest BCUT2D eigenvalue weighted by Crippen LogP contribution is 2.08. The van der Waals surface area contributed by atoms with Gasteiger partial charge in [0.1, 0.15) is 5.82 Å². The second-order valence-corrected chi connectivity index (χ2v) is 5.00. The number of thiocarbonyl (C=S) groups is 1. The van der Waals surface area contributed by atoms with E-state index in [-0.39, 0.29) is 5.11 Å². The molecule has 4 nitrogen and oxygen atoms in total. The van der Waals surface area contributed by atoms with Crippen molar-refractivity contribution in [1.82, 2.24) is 4.72 Å². The van der Waals surface area contributed by atoms with E-state index in [1.807, 2.05) is 0 Å². The second kappa shape index (κ2) is 4.54. The maximum Gasteiger partial charge on any atom is 0.231 e. The highest BCUT2D eigenvalue weighted by Gasteiger charge is 2.04. The number of anilines is 1. The third kappa shape index (κ3) is 4.71. The number of rotatable bonds is 2. The van der Waals surface area contributed by atoms with Gasteiger partial charge in [-0.15, -0.1) is 0 Å². The third-order valence-corrected chi connectivity index (χ3v) is 2.27. The number of halogens is 1. The lowest BCUT2D eigenvalue weighted by Crippen LogP contribution is -2.33. The van der Waals surface area contributed by atoms with E-state index in [0.717, 1.165) is 6.26 Å². The Morgan fingerprint density at radius 3 is 2.67 bits per heavy atom. The molecule has 0 atom stereocenters. The van der Waals surface area contributed by atoms with Crippen LogP contribution in [-0.2, 0) is 10.0 Å². The minimum Gasteiger partial charge on any atom is -0.332 e. The normalized spacial score (nSPS) is 10.8. The molecular weight excluding hydrogens is 239 g/mol. The molecule has 0 amide bonds. The standard InChI is InChI=1S/C8H9FN2O2S2/c1-15(12,13)11-8(14)10-7-4-2-3-6(9)5-7/h2-5H,1H3,(H2,10,11,14). The first kappa shape index (κ1) is 11.9. The van der Waals surface area contributed by atoms with Gasteiger partial charge < -0.3 is 5.32 Å². The Morgan fingerprint density at radius 1 is 1.47 bits per heavy atom. The SMILES string of the molecule is CS(=O)(=O)NC(=S)Nc1cccc(F)c1. The summed E-state index contributed by atoms with van der Waals surface area (Å²) in [7, 11) is -3.40. The van der Waals surface area contributed by atoms with Gasteiger partial charge in [-0.05, 0) is 30.4 Å². The maximum absolute atomic E-state index is 12.7. The molecule has 0 saturated carbocycles. The summed E-state index contributed by atoms with van der Waals surface area (Å²) in [5.41, 5.74) is 0.385. The zero-order valence-corrected chi connectivity index (χ0v) is 9.45. The van der Waals surface area contributed by atoms with Crippen molar-refractivity contribution in [2.45, 2.75) is 0 Å². The van der Waals surface area contributed by atoms with Crippen LogP contribution in [0.15, 0.2) is 24.3 Å².